The van der Waals surface area contributed by atoms with Crippen LogP contribution in [-0.2, 0) is 9.53 Å². The largest absolute Gasteiger partial charge is 0.378 e. The Morgan fingerprint density at radius 3 is 2.33 bits per heavy atom. The minimum absolute atomic E-state index is 0.00711. The first kappa shape index (κ1) is 12.6. The van der Waals surface area contributed by atoms with Crippen LogP contribution in [-0.4, -0.2) is 43.0 Å². The first-order chi connectivity index (χ1) is 8.66. The monoisotopic (exact) mass is 248 g/mol. The predicted molar refractivity (Wildman–Crippen MR) is 67.5 cm³/mol. The Hall–Kier alpha value is -1.88. The van der Waals surface area contributed by atoms with Gasteiger partial charge in [0.05, 0.1) is 13.2 Å². The standard InChI is InChI=1S/C13H16N2O3/c1-10(16)14-12-4-2-11(3-5-12)13(17)15-6-8-18-9-7-15/h2-5H,6-9H2,1H3,(H,14,16). The Kier molecular flexibility index (Phi) is 3.94. The first-order valence-electron chi connectivity index (χ1n) is 5.91. The maximum absolute atomic E-state index is 12.1. The molecular weight excluding hydrogens is 232 g/mol. The van der Waals surface area contributed by atoms with E-state index in [0.29, 0.717) is 37.6 Å². The maximum atomic E-state index is 12.1. The smallest absolute Gasteiger partial charge is 0.254 e. The number of amides is 2. The summed E-state index contributed by atoms with van der Waals surface area (Å²) in [7, 11) is 0. The van der Waals surface area contributed by atoms with E-state index in [4.69, 9.17) is 4.74 Å². The molecule has 0 aromatic heterocycles. The number of benzene rings is 1. The molecule has 1 aliphatic rings. The van der Waals surface area contributed by atoms with Gasteiger partial charge in [-0.25, -0.2) is 0 Å². The summed E-state index contributed by atoms with van der Waals surface area (Å²) < 4.78 is 5.21. The second kappa shape index (κ2) is 5.64. The lowest BCUT2D eigenvalue weighted by Gasteiger charge is -2.26. The van der Waals surface area contributed by atoms with Crippen molar-refractivity contribution in [3.63, 3.8) is 0 Å². The Balaban J connectivity index is 2.04. The number of hydrogen-bond acceptors (Lipinski definition) is 3. The van der Waals surface area contributed by atoms with Gasteiger partial charge in [-0.1, -0.05) is 0 Å². The van der Waals surface area contributed by atoms with E-state index in [2.05, 4.69) is 5.32 Å². The van der Waals surface area contributed by atoms with Crippen molar-refractivity contribution in [2.24, 2.45) is 0 Å². The van der Waals surface area contributed by atoms with E-state index in [1.54, 1.807) is 29.2 Å². The van der Waals surface area contributed by atoms with E-state index in [-0.39, 0.29) is 11.8 Å². The normalized spacial score (nSPS) is 15.3. The first-order valence-corrected chi connectivity index (χ1v) is 5.91. The van der Waals surface area contributed by atoms with Crippen molar-refractivity contribution >= 4 is 17.5 Å². The summed E-state index contributed by atoms with van der Waals surface area (Å²) in [5.41, 5.74) is 1.33. The second-order valence-corrected chi connectivity index (χ2v) is 4.16. The zero-order valence-electron chi connectivity index (χ0n) is 10.3. The fourth-order valence-corrected chi connectivity index (χ4v) is 1.85. The van der Waals surface area contributed by atoms with Gasteiger partial charge < -0.3 is 15.0 Å². The fraction of sp³-hybridized carbons (Fsp3) is 0.385. The number of rotatable bonds is 2. The number of ether oxygens (including phenoxy) is 1. The van der Waals surface area contributed by atoms with E-state index in [9.17, 15) is 9.59 Å². The molecule has 1 heterocycles. The summed E-state index contributed by atoms with van der Waals surface area (Å²) in [6.07, 6.45) is 0. The Bertz CT molecular complexity index is 436. The average Bonchev–Trinajstić information content (AvgIpc) is 2.39. The lowest BCUT2D eigenvalue weighted by atomic mass is 10.1. The van der Waals surface area contributed by atoms with Crippen molar-refractivity contribution in [3.8, 4) is 0 Å². The maximum Gasteiger partial charge on any atom is 0.254 e. The number of hydrogen-bond donors (Lipinski definition) is 1. The molecule has 2 rings (SSSR count). The molecule has 0 saturated carbocycles. The third-order valence-electron chi connectivity index (χ3n) is 2.75. The van der Waals surface area contributed by atoms with Crippen molar-refractivity contribution < 1.29 is 14.3 Å². The van der Waals surface area contributed by atoms with Gasteiger partial charge in [0.2, 0.25) is 5.91 Å². The van der Waals surface area contributed by atoms with Crippen LogP contribution in [0.15, 0.2) is 24.3 Å². The number of morpholine rings is 1. The average molecular weight is 248 g/mol. The molecule has 5 nitrogen and oxygen atoms in total. The summed E-state index contributed by atoms with van der Waals surface area (Å²) in [6.45, 7) is 3.90. The molecule has 5 heteroatoms. The Morgan fingerprint density at radius 1 is 1.17 bits per heavy atom. The Morgan fingerprint density at radius 2 is 1.78 bits per heavy atom. The summed E-state index contributed by atoms with van der Waals surface area (Å²) in [4.78, 5) is 24.8. The molecule has 0 spiro atoms. The molecule has 1 aliphatic heterocycles. The number of anilines is 1. The molecule has 2 amide bonds. The molecule has 0 aliphatic carbocycles. The van der Waals surface area contributed by atoms with E-state index >= 15 is 0 Å². The highest BCUT2D eigenvalue weighted by Crippen LogP contribution is 2.12. The minimum Gasteiger partial charge on any atom is -0.378 e. The molecule has 0 unspecified atom stereocenters. The minimum atomic E-state index is -0.123. The fourth-order valence-electron chi connectivity index (χ4n) is 1.85. The molecule has 1 fully saturated rings. The molecule has 0 atom stereocenters. The lowest BCUT2D eigenvalue weighted by molar-refractivity contribution is -0.114. The summed E-state index contributed by atoms with van der Waals surface area (Å²) in [5, 5.41) is 2.67. The van der Waals surface area contributed by atoms with Crippen molar-refractivity contribution in [2.75, 3.05) is 31.6 Å². The molecule has 0 radical (unpaired) electrons. The second-order valence-electron chi connectivity index (χ2n) is 4.16. The van der Waals surface area contributed by atoms with Crippen molar-refractivity contribution in [2.45, 2.75) is 6.92 Å². The van der Waals surface area contributed by atoms with Gasteiger partial charge in [-0.15, -0.1) is 0 Å². The summed E-state index contributed by atoms with van der Waals surface area (Å²) in [5.74, 6) is -0.116. The molecule has 18 heavy (non-hydrogen) atoms. The molecule has 1 saturated heterocycles. The highest BCUT2D eigenvalue weighted by Gasteiger charge is 2.18. The van der Waals surface area contributed by atoms with Gasteiger partial charge in [-0.2, -0.15) is 0 Å². The highest BCUT2D eigenvalue weighted by atomic mass is 16.5. The van der Waals surface area contributed by atoms with E-state index in [1.807, 2.05) is 0 Å². The number of carbonyl (C=O) groups excluding carboxylic acids is 2. The van der Waals surface area contributed by atoms with Crippen molar-refractivity contribution in [1.29, 1.82) is 0 Å². The molecule has 1 aromatic rings. The van der Waals surface area contributed by atoms with Crippen LogP contribution in [0.5, 0.6) is 0 Å². The topological polar surface area (TPSA) is 58.6 Å². The number of nitrogens with one attached hydrogen (secondary N) is 1. The van der Waals surface area contributed by atoms with E-state index in [0.717, 1.165) is 0 Å². The zero-order chi connectivity index (χ0) is 13.0. The van der Waals surface area contributed by atoms with Gasteiger partial charge in [0, 0.05) is 31.3 Å². The van der Waals surface area contributed by atoms with Gasteiger partial charge in [-0.05, 0) is 24.3 Å². The summed E-state index contributed by atoms with van der Waals surface area (Å²) in [6, 6.07) is 6.91. The van der Waals surface area contributed by atoms with Gasteiger partial charge >= 0.3 is 0 Å². The van der Waals surface area contributed by atoms with Crippen LogP contribution in [0.4, 0.5) is 5.69 Å². The van der Waals surface area contributed by atoms with Gasteiger partial charge in [-0.3, -0.25) is 9.59 Å². The van der Waals surface area contributed by atoms with Gasteiger partial charge in [0.25, 0.3) is 5.91 Å². The molecule has 0 bridgehead atoms. The van der Waals surface area contributed by atoms with Crippen LogP contribution >= 0.6 is 0 Å². The van der Waals surface area contributed by atoms with Crippen LogP contribution in [0, 0.1) is 0 Å². The number of carbonyl (C=O) groups is 2. The quantitative estimate of drug-likeness (QED) is 0.853. The van der Waals surface area contributed by atoms with Crippen LogP contribution < -0.4 is 5.32 Å². The van der Waals surface area contributed by atoms with Crippen LogP contribution in [0.3, 0.4) is 0 Å². The zero-order valence-corrected chi connectivity index (χ0v) is 10.3. The van der Waals surface area contributed by atoms with Crippen LogP contribution in [0.25, 0.3) is 0 Å². The van der Waals surface area contributed by atoms with E-state index in [1.165, 1.54) is 6.92 Å². The van der Waals surface area contributed by atoms with E-state index < -0.39 is 0 Å². The third-order valence-corrected chi connectivity index (χ3v) is 2.75. The van der Waals surface area contributed by atoms with Crippen molar-refractivity contribution in [1.82, 2.24) is 4.90 Å². The Labute approximate surface area is 106 Å². The molecule has 96 valence electrons. The van der Waals surface area contributed by atoms with Crippen LogP contribution in [0.1, 0.15) is 17.3 Å². The molecule has 1 N–H and O–H groups in total. The lowest BCUT2D eigenvalue weighted by Crippen LogP contribution is -2.40. The van der Waals surface area contributed by atoms with Gasteiger partial charge in [0.1, 0.15) is 0 Å². The SMILES string of the molecule is CC(=O)Nc1ccc(C(=O)N2CCOCC2)cc1. The highest BCUT2D eigenvalue weighted by molar-refractivity contribution is 5.95. The molecular formula is C13H16N2O3. The van der Waals surface area contributed by atoms with Crippen LogP contribution in [0.2, 0.25) is 0 Å². The van der Waals surface area contributed by atoms with Gasteiger partial charge in [0.15, 0.2) is 0 Å². The predicted octanol–water partition coefficient (Wildman–Crippen LogP) is 1.12. The number of nitrogens with zero attached hydrogens (tertiary/aromatic N) is 1. The van der Waals surface area contributed by atoms with Crippen molar-refractivity contribution in [3.05, 3.63) is 29.8 Å². The molecule has 1 aromatic carbocycles. The summed E-state index contributed by atoms with van der Waals surface area (Å²) >= 11 is 0. The third kappa shape index (κ3) is 3.07.